The summed E-state index contributed by atoms with van der Waals surface area (Å²) in [6.07, 6.45) is -1.56. The Morgan fingerprint density at radius 2 is 2.12 bits per heavy atom. The third-order valence-corrected chi connectivity index (χ3v) is 3.85. The number of fused-ring (bicyclic) bond motifs is 1. The van der Waals surface area contributed by atoms with Gasteiger partial charge in [-0.05, 0) is 32.0 Å². The molecule has 1 aliphatic rings. The summed E-state index contributed by atoms with van der Waals surface area (Å²) in [7, 11) is 0. The van der Waals surface area contributed by atoms with E-state index < -0.39 is 17.8 Å². The highest BCUT2D eigenvalue weighted by atomic mass is 16.6. The minimum atomic E-state index is -0.878. The molecule has 0 saturated carbocycles. The molecule has 25 heavy (non-hydrogen) atoms. The first-order valence-corrected chi connectivity index (χ1v) is 7.46. The van der Waals surface area contributed by atoms with Crippen LogP contribution in [-0.4, -0.2) is 33.5 Å². The molecule has 1 aromatic heterocycles. The molecule has 2 unspecified atom stereocenters. The van der Waals surface area contributed by atoms with E-state index in [1.807, 2.05) is 0 Å². The Hall–Kier alpha value is -3.34. The van der Waals surface area contributed by atoms with Crippen molar-refractivity contribution in [2.75, 3.05) is 0 Å². The van der Waals surface area contributed by atoms with Gasteiger partial charge in [-0.1, -0.05) is 0 Å². The van der Waals surface area contributed by atoms with Crippen LogP contribution in [0.1, 0.15) is 31.1 Å². The highest BCUT2D eigenvalue weighted by Gasteiger charge is 2.47. The van der Waals surface area contributed by atoms with E-state index in [1.165, 1.54) is 12.1 Å². The minimum absolute atomic E-state index is 0.133. The second-order valence-electron chi connectivity index (χ2n) is 5.99. The van der Waals surface area contributed by atoms with Gasteiger partial charge < -0.3 is 19.3 Å². The minimum Gasteiger partial charge on any atom is -0.492 e. The summed E-state index contributed by atoms with van der Waals surface area (Å²) >= 11 is 0. The molecule has 0 saturated heterocycles. The lowest BCUT2D eigenvalue weighted by atomic mass is 9.87. The van der Waals surface area contributed by atoms with Crippen LogP contribution in [0.2, 0.25) is 0 Å². The molecule has 1 aromatic carbocycles. The van der Waals surface area contributed by atoms with E-state index in [1.54, 1.807) is 32.0 Å². The topological polar surface area (TPSA) is 115 Å². The fourth-order valence-corrected chi connectivity index (χ4v) is 2.73. The van der Waals surface area contributed by atoms with Gasteiger partial charge in [0.1, 0.15) is 11.4 Å². The van der Waals surface area contributed by atoms with Gasteiger partial charge in [0.25, 0.3) is 6.47 Å². The van der Waals surface area contributed by atoms with Crippen molar-refractivity contribution in [3.63, 3.8) is 0 Å². The first-order chi connectivity index (χ1) is 11.9. The van der Waals surface area contributed by atoms with Crippen LogP contribution >= 0.6 is 0 Å². The molecule has 3 rings (SSSR count). The molecule has 0 fully saturated rings. The van der Waals surface area contributed by atoms with Crippen molar-refractivity contribution < 1.29 is 24.1 Å². The SMILES string of the molecule is CC1(C)Oc2ccc(C#N)cc2C(Oc2ccc(O)nn2)C1OC=O. The van der Waals surface area contributed by atoms with Crippen molar-refractivity contribution >= 4 is 6.47 Å². The maximum absolute atomic E-state index is 11.0. The van der Waals surface area contributed by atoms with E-state index in [0.717, 1.165) is 0 Å². The van der Waals surface area contributed by atoms with Gasteiger partial charge in [0.15, 0.2) is 12.2 Å². The number of aromatic hydroxyl groups is 1. The highest BCUT2D eigenvalue weighted by molar-refractivity contribution is 5.47. The lowest BCUT2D eigenvalue weighted by molar-refractivity contribution is -0.160. The zero-order valence-electron chi connectivity index (χ0n) is 13.5. The fraction of sp³-hybridized carbons (Fsp3) is 0.294. The molecule has 0 bridgehead atoms. The Kier molecular flexibility index (Phi) is 4.15. The summed E-state index contributed by atoms with van der Waals surface area (Å²) in [6.45, 7) is 3.86. The van der Waals surface area contributed by atoms with Crippen molar-refractivity contribution in [2.45, 2.75) is 31.7 Å². The van der Waals surface area contributed by atoms with E-state index >= 15 is 0 Å². The summed E-state index contributed by atoms with van der Waals surface area (Å²) in [5.41, 5.74) is 0.0919. The second-order valence-corrected chi connectivity index (χ2v) is 5.99. The Balaban J connectivity index is 2.07. The second kappa shape index (κ2) is 6.28. The molecule has 0 aliphatic carbocycles. The fourth-order valence-electron chi connectivity index (χ4n) is 2.73. The van der Waals surface area contributed by atoms with Crippen LogP contribution < -0.4 is 9.47 Å². The number of carbonyl (C=O) groups excluding carboxylic acids is 1. The van der Waals surface area contributed by atoms with Gasteiger partial charge in [0, 0.05) is 17.7 Å². The standard InChI is InChI=1S/C17H15N3O5/c1-17(2)16(23-9-21)15(24-14-6-5-13(22)19-20-14)11-7-10(8-18)3-4-12(11)25-17/h3-7,9,15-16H,1-2H3,(H,19,22). The summed E-state index contributed by atoms with van der Waals surface area (Å²) in [6, 6.07) is 9.74. The Morgan fingerprint density at radius 3 is 2.76 bits per heavy atom. The van der Waals surface area contributed by atoms with Crippen LogP contribution in [0.3, 0.4) is 0 Å². The molecule has 2 heterocycles. The van der Waals surface area contributed by atoms with E-state index in [0.29, 0.717) is 23.3 Å². The molecule has 0 radical (unpaired) electrons. The number of rotatable bonds is 4. The number of aromatic nitrogens is 2. The number of nitriles is 1. The summed E-state index contributed by atoms with van der Waals surface area (Å²) in [4.78, 5) is 11.0. The van der Waals surface area contributed by atoms with Crippen LogP contribution in [-0.2, 0) is 9.53 Å². The van der Waals surface area contributed by atoms with Crippen molar-refractivity contribution in [3.8, 4) is 23.6 Å². The maximum Gasteiger partial charge on any atom is 0.293 e. The molecule has 1 N–H and O–H groups in total. The zero-order valence-corrected chi connectivity index (χ0v) is 13.5. The summed E-state index contributed by atoms with van der Waals surface area (Å²) in [5, 5.41) is 25.7. The highest BCUT2D eigenvalue weighted by Crippen LogP contribution is 2.43. The third kappa shape index (κ3) is 3.17. The number of benzene rings is 1. The van der Waals surface area contributed by atoms with Crippen LogP contribution in [0.15, 0.2) is 30.3 Å². The predicted molar refractivity (Wildman–Crippen MR) is 83.9 cm³/mol. The van der Waals surface area contributed by atoms with Gasteiger partial charge in [-0.2, -0.15) is 5.26 Å². The smallest absolute Gasteiger partial charge is 0.293 e. The number of hydrogen-bond acceptors (Lipinski definition) is 8. The lowest BCUT2D eigenvalue weighted by Crippen LogP contribution is -2.51. The number of carbonyl (C=O) groups is 1. The molecule has 0 spiro atoms. The van der Waals surface area contributed by atoms with Gasteiger partial charge in [0.05, 0.1) is 11.6 Å². The van der Waals surface area contributed by atoms with Crippen molar-refractivity contribution in [1.82, 2.24) is 10.2 Å². The normalized spacial score (nSPS) is 20.5. The predicted octanol–water partition coefficient (Wildman–Crippen LogP) is 1.89. The van der Waals surface area contributed by atoms with E-state index in [9.17, 15) is 9.90 Å². The van der Waals surface area contributed by atoms with Gasteiger partial charge in [0.2, 0.25) is 11.8 Å². The quantitative estimate of drug-likeness (QED) is 0.838. The van der Waals surface area contributed by atoms with Gasteiger partial charge in [-0.25, -0.2) is 0 Å². The average molecular weight is 341 g/mol. The Morgan fingerprint density at radius 1 is 1.32 bits per heavy atom. The van der Waals surface area contributed by atoms with Crippen LogP contribution in [0.5, 0.6) is 17.5 Å². The van der Waals surface area contributed by atoms with E-state index in [-0.39, 0.29) is 11.8 Å². The molecular weight excluding hydrogens is 326 g/mol. The molecule has 0 amide bonds. The van der Waals surface area contributed by atoms with Crippen LogP contribution in [0, 0.1) is 11.3 Å². The van der Waals surface area contributed by atoms with Crippen molar-refractivity contribution in [2.24, 2.45) is 0 Å². The van der Waals surface area contributed by atoms with Crippen molar-refractivity contribution in [1.29, 1.82) is 5.26 Å². The Labute approximate surface area is 143 Å². The molecule has 8 nitrogen and oxygen atoms in total. The molecular formula is C17H15N3O5. The van der Waals surface area contributed by atoms with Crippen LogP contribution in [0.25, 0.3) is 0 Å². The molecule has 128 valence electrons. The van der Waals surface area contributed by atoms with Gasteiger partial charge in [-0.3, -0.25) is 4.79 Å². The third-order valence-electron chi connectivity index (χ3n) is 3.85. The maximum atomic E-state index is 11.0. The Bertz CT molecular complexity index is 829. The number of ether oxygens (including phenoxy) is 3. The molecule has 2 atom stereocenters. The molecule has 2 aromatic rings. The lowest BCUT2D eigenvalue weighted by Gasteiger charge is -2.42. The first-order valence-electron chi connectivity index (χ1n) is 7.46. The molecule has 8 heteroatoms. The van der Waals surface area contributed by atoms with Gasteiger partial charge in [-0.15, -0.1) is 10.2 Å². The zero-order chi connectivity index (χ0) is 18.0. The number of hydrogen-bond donors (Lipinski definition) is 1. The van der Waals surface area contributed by atoms with Crippen LogP contribution in [0.4, 0.5) is 0 Å². The monoisotopic (exact) mass is 341 g/mol. The van der Waals surface area contributed by atoms with E-state index in [4.69, 9.17) is 19.5 Å². The summed E-state index contributed by atoms with van der Waals surface area (Å²) < 4.78 is 17.0. The van der Waals surface area contributed by atoms with E-state index in [2.05, 4.69) is 16.3 Å². The summed E-state index contributed by atoms with van der Waals surface area (Å²) in [5.74, 6) is 0.410. The van der Waals surface area contributed by atoms with Crippen molar-refractivity contribution in [3.05, 3.63) is 41.5 Å². The largest absolute Gasteiger partial charge is 0.492 e. The van der Waals surface area contributed by atoms with Gasteiger partial charge >= 0.3 is 0 Å². The number of nitrogens with zero attached hydrogens (tertiary/aromatic N) is 3. The molecule has 1 aliphatic heterocycles. The first kappa shape index (κ1) is 16.5. The average Bonchev–Trinajstić information content (AvgIpc) is 2.59.